The molecular weight excluding hydrogens is 234 g/mol. The van der Waals surface area contributed by atoms with Gasteiger partial charge in [0.1, 0.15) is 0 Å². The molecule has 0 atom stereocenters. The number of nitrogens with one attached hydrogen (secondary N) is 1. The fourth-order valence-corrected chi connectivity index (χ4v) is 2.14. The van der Waals surface area contributed by atoms with E-state index < -0.39 is 0 Å². The van der Waals surface area contributed by atoms with Crippen LogP contribution in [0.15, 0.2) is 61.1 Å². The molecule has 3 nitrogen and oxygen atoms in total. The lowest BCUT2D eigenvalue weighted by molar-refractivity contribution is 1.01. The average molecular weight is 249 g/mol. The van der Waals surface area contributed by atoms with Gasteiger partial charge in [0.05, 0.1) is 5.52 Å². The maximum absolute atomic E-state index is 4.36. The van der Waals surface area contributed by atoms with Crippen LogP contribution in [0.1, 0.15) is 5.56 Å². The first-order valence-electron chi connectivity index (χ1n) is 6.40. The number of benzene rings is 1. The molecule has 0 aliphatic heterocycles. The molecule has 2 aromatic heterocycles. The number of anilines is 1. The molecule has 1 aromatic carbocycles. The van der Waals surface area contributed by atoms with Crippen molar-refractivity contribution in [2.45, 2.75) is 6.42 Å². The Morgan fingerprint density at radius 3 is 2.79 bits per heavy atom. The molecule has 3 rings (SSSR count). The first-order chi connectivity index (χ1) is 9.43. The van der Waals surface area contributed by atoms with Gasteiger partial charge in [-0.2, -0.15) is 0 Å². The van der Waals surface area contributed by atoms with E-state index in [1.165, 1.54) is 5.56 Å². The summed E-state index contributed by atoms with van der Waals surface area (Å²) in [6.07, 6.45) is 6.51. The van der Waals surface area contributed by atoms with E-state index in [2.05, 4.69) is 27.4 Å². The van der Waals surface area contributed by atoms with E-state index >= 15 is 0 Å². The topological polar surface area (TPSA) is 37.8 Å². The molecule has 0 radical (unpaired) electrons. The Morgan fingerprint density at radius 1 is 0.947 bits per heavy atom. The minimum atomic E-state index is 0.889. The van der Waals surface area contributed by atoms with Crippen LogP contribution in [0.4, 0.5) is 5.69 Å². The Hall–Kier alpha value is -2.42. The van der Waals surface area contributed by atoms with Crippen LogP contribution in [0.25, 0.3) is 10.9 Å². The van der Waals surface area contributed by atoms with Gasteiger partial charge in [-0.25, -0.2) is 0 Å². The molecule has 0 amide bonds. The van der Waals surface area contributed by atoms with Crippen molar-refractivity contribution in [1.29, 1.82) is 0 Å². The van der Waals surface area contributed by atoms with E-state index in [1.807, 2.05) is 42.7 Å². The molecule has 0 saturated heterocycles. The molecule has 1 N–H and O–H groups in total. The quantitative estimate of drug-likeness (QED) is 0.771. The number of nitrogens with zero attached hydrogens (tertiary/aromatic N) is 2. The molecule has 0 fully saturated rings. The van der Waals surface area contributed by atoms with E-state index in [0.29, 0.717) is 0 Å². The van der Waals surface area contributed by atoms with Crippen LogP contribution in [0.5, 0.6) is 0 Å². The number of hydrogen-bond acceptors (Lipinski definition) is 3. The van der Waals surface area contributed by atoms with Crippen molar-refractivity contribution in [2.24, 2.45) is 0 Å². The average Bonchev–Trinajstić information content (AvgIpc) is 2.49. The van der Waals surface area contributed by atoms with Gasteiger partial charge in [0.25, 0.3) is 0 Å². The van der Waals surface area contributed by atoms with Gasteiger partial charge >= 0.3 is 0 Å². The summed E-state index contributed by atoms with van der Waals surface area (Å²) in [6.45, 7) is 0.889. The van der Waals surface area contributed by atoms with Crippen LogP contribution in [0.2, 0.25) is 0 Å². The second-order valence-corrected chi connectivity index (χ2v) is 4.41. The summed E-state index contributed by atoms with van der Waals surface area (Å²) in [5, 5.41) is 4.63. The predicted octanol–water partition coefficient (Wildman–Crippen LogP) is 3.28. The third-order valence-corrected chi connectivity index (χ3v) is 3.10. The van der Waals surface area contributed by atoms with Crippen molar-refractivity contribution in [3.05, 3.63) is 66.6 Å². The summed E-state index contributed by atoms with van der Waals surface area (Å²) in [4.78, 5) is 8.48. The lowest BCUT2D eigenvalue weighted by Crippen LogP contribution is -2.05. The molecule has 3 aromatic rings. The van der Waals surface area contributed by atoms with Crippen LogP contribution >= 0.6 is 0 Å². The van der Waals surface area contributed by atoms with Gasteiger partial charge in [-0.15, -0.1) is 0 Å². The number of aromatic nitrogens is 2. The fraction of sp³-hybridized carbons (Fsp3) is 0.125. The molecule has 19 heavy (non-hydrogen) atoms. The van der Waals surface area contributed by atoms with Gasteiger partial charge in [-0.1, -0.05) is 24.3 Å². The zero-order valence-corrected chi connectivity index (χ0v) is 10.6. The van der Waals surface area contributed by atoms with Gasteiger partial charge in [-0.05, 0) is 30.2 Å². The molecule has 3 heteroatoms. The van der Waals surface area contributed by atoms with Crippen molar-refractivity contribution < 1.29 is 0 Å². The van der Waals surface area contributed by atoms with Crippen molar-refractivity contribution >= 4 is 16.6 Å². The monoisotopic (exact) mass is 249 g/mol. The van der Waals surface area contributed by atoms with Gasteiger partial charge < -0.3 is 5.32 Å². The molecule has 2 heterocycles. The van der Waals surface area contributed by atoms with Gasteiger partial charge in [0, 0.05) is 36.2 Å². The number of fused-ring (bicyclic) bond motifs is 1. The summed E-state index contributed by atoms with van der Waals surface area (Å²) in [7, 11) is 0. The molecule has 0 unspecified atom stereocenters. The van der Waals surface area contributed by atoms with Crippen LogP contribution in [0, 0.1) is 0 Å². The zero-order valence-electron chi connectivity index (χ0n) is 10.6. The maximum Gasteiger partial charge on any atom is 0.0722 e. The van der Waals surface area contributed by atoms with Crippen LogP contribution in [0.3, 0.4) is 0 Å². The Morgan fingerprint density at radius 2 is 1.89 bits per heavy atom. The third kappa shape index (κ3) is 2.71. The molecule has 0 aliphatic carbocycles. The van der Waals surface area contributed by atoms with Crippen LogP contribution in [-0.4, -0.2) is 16.5 Å². The molecule has 0 spiro atoms. The van der Waals surface area contributed by atoms with Crippen LogP contribution in [-0.2, 0) is 6.42 Å². The first-order valence-corrected chi connectivity index (χ1v) is 6.40. The summed E-state index contributed by atoms with van der Waals surface area (Å²) in [6, 6.07) is 14.3. The standard InChI is InChI=1S/C16H15N3/c1-2-6-15-14(5-1)16(8-11-19-15)18-10-7-13-4-3-9-17-12-13/h1-6,8-9,11-12H,7,10H2,(H,18,19). The van der Waals surface area contributed by atoms with Crippen molar-refractivity contribution in [3.63, 3.8) is 0 Å². The summed E-state index contributed by atoms with van der Waals surface area (Å²) in [5.41, 5.74) is 3.40. The van der Waals surface area contributed by atoms with Gasteiger partial charge in [0.2, 0.25) is 0 Å². The third-order valence-electron chi connectivity index (χ3n) is 3.10. The van der Waals surface area contributed by atoms with E-state index in [9.17, 15) is 0 Å². The van der Waals surface area contributed by atoms with E-state index in [1.54, 1.807) is 6.20 Å². The van der Waals surface area contributed by atoms with Gasteiger partial charge in [0.15, 0.2) is 0 Å². The van der Waals surface area contributed by atoms with Crippen molar-refractivity contribution in [3.8, 4) is 0 Å². The SMILES string of the molecule is c1cncc(CCNc2ccnc3ccccc23)c1. The van der Waals surface area contributed by atoms with E-state index in [-0.39, 0.29) is 0 Å². The second-order valence-electron chi connectivity index (χ2n) is 4.41. The lowest BCUT2D eigenvalue weighted by atomic mass is 10.1. The van der Waals surface area contributed by atoms with E-state index in [4.69, 9.17) is 0 Å². The lowest BCUT2D eigenvalue weighted by Gasteiger charge is -2.09. The first kappa shape index (κ1) is 11.7. The van der Waals surface area contributed by atoms with Crippen LogP contribution < -0.4 is 5.32 Å². The van der Waals surface area contributed by atoms with Gasteiger partial charge in [-0.3, -0.25) is 9.97 Å². The minimum Gasteiger partial charge on any atom is -0.384 e. The Bertz CT molecular complexity index is 660. The Labute approximate surface area is 112 Å². The zero-order chi connectivity index (χ0) is 12.9. The predicted molar refractivity (Wildman–Crippen MR) is 78.2 cm³/mol. The summed E-state index contributed by atoms with van der Waals surface area (Å²) >= 11 is 0. The Kier molecular flexibility index (Phi) is 3.36. The fourth-order valence-electron chi connectivity index (χ4n) is 2.14. The molecular formula is C16H15N3. The molecule has 0 aliphatic rings. The number of para-hydroxylation sites is 1. The summed E-state index contributed by atoms with van der Waals surface area (Å²) < 4.78 is 0. The highest BCUT2D eigenvalue weighted by molar-refractivity contribution is 5.90. The Balaban J connectivity index is 1.72. The van der Waals surface area contributed by atoms with E-state index in [0.717, 1.165) is 29.6 Å². The molecule has 94 valence electrons. The number of pyridine rings is 2. The smallest absolute Gasteiger partial charge is 0.0722 e. The highest BCUT2D eigenvalue weighted by Crippen LogP contribution is 2.20. The van der Waals surface area contributed by atoms with Crippen molar-refractivity contribution in [2.75, 3.05) is 11.9 Å². The largest absolute Gasteiger partial charge is 0.384 e. The number of hydrogen-bond donors (Lipinski definition) is 1. The summed E-state index contributed by atoms with van der Waals surface area (Å²) in [5.74, 6) is 0. The molecule has 0 saturated carbocycles. The van der Waals surface area contributed by atoms with Crippen molar-refractivity contribution in [1.82, 2.24) is 9.97 Å². The second kappa shape index (κ2) is 5.48. The molecule has 0 bridgehead atoms. The maximum atomic E-state index is 4.36. The highest BCUT2D eigenvalue weighted by Gasteiger charge is 2.00. The normalized spacial score (nSPS) is 10.5. The highest BCUT2D eigenvalue weighted by atomic mass is 14.9. The minimum absolute atomic E-state index is 0.889. The number of rotatable bonds is 4.